The molecule has 1 aliphatic heterocycles. The topological polar surface area (TPSA) is 6.48 Å². The highest BCUT2D eigenvalue weighted by atomic mass is 15.2. The first-order valence-corrected chi connectivity index (χ1v) is 3.66. The molecule has 0 aromatic rings. The summed E-state index contributed by atoms with van der Waals surface area (Å²) in [6, 6.07) is 0.678. The Balaban J connectivity index is 2.49. The predicted octanol–water partition coefficient (Wildman–Crippen LogP) is 0.766. The Morgan fingerprint density at radius 1 is 1.60 bits per heavy atom. The highest BCUT2D eigenvalue weighted by Gasteiger charge is 2.23. The largest absolute Gasteiger partial charge is 0.377 e. The van der Waals surface area contributed by atoms with E-state index in [1.165, 1.54) is 5.70 Å². The summed E-state index contributed by atoms with van der Waals surface area (Å²) in [6.07, 6.45) is 1.13. The third kappa shape index (κ3) is 1.32. The van der Waals surface area contributed by atoms with Gasteiger partial charge in [-0.05, 0) is 14.1 Å². The maximum atomic E-state index is 3.97. The van der Waals surface area contributed by atoms with E-state index in [1.807, 2.05) is 0 Å². The van der Waals surface area contributed by atoms with Crippen LogP contribution < -0.4 is 0 Å². The Hall–Kier alpha value is -0.500. The lowest BCUT2D eigenvalue weighted by Crippen LogP contribution is -2.30. The molecule has 1 unspecified atom stereocenters. The Morgan fingerprint density at radius 3 is 2.40 bits per heavy atom. The molecule has 2 nitrogen and oxygen atoms in total. The second-order valence-corrected chi connectivity index (χ2v) is 3.27. The van der Waals surface area contributed by atoms with Crippen molar-refractivity contribution in [2.24, 2.45) is 0 Å². The van der Waals surface area contributed by atoms with Gasteiger partial charge < -0.3 is 9.80 Å². The standard InChI is InChI=1S/C8H16N2/c1-7-5-8(9(2)3)6-10(7)4/h8H,1,5-6H2,2-4H3. The molecule has 2 heteroatoms. The van der Waals surface area contributed by atoms with Crippen LogP contribution in [0.25, 0.3) is 0 Å². The molecule has 0 N–H and O–H groups in total. The summed E-state index contributed by atoms with van der Waals surface area (Å²) in [5.41, 5.74) is 1.26. The van der Waals surface area contributed by atoms with Crippen molar-refractivity contribution in [3.63, 3.8) is 0 Å². The normalized spacial score (nSPS) is 26.6. The minimum absolute atomic E-state index is 0.678. The summed E-state index contributed by atoms with van der Waals surface area (Å²) >= 11 is 0. The first kappa shape index (κ1) is 7.61. The molecule has 1 atom stereocenters. The van der Waals surface area contributed by atoms with Gasteiger partial charge in [0, 0.05) is 31.8 Å². The van der Waals surface area contributed by atoms with Gasteiger partial charge in [-0.25, -0.2) is 0 Å². The molecule has 1 rings (SSSR count). The van der Waals surface area contributed by atoms with Gasteiger partial charge in [-0.15, -0.1) is 0 Å². The molecule has 0 aliphatic carbocycles. The quantitative estimate of drug-likeness (QED) is 0.530. The number of nitrogens with zero attached hydrogens (tertiary/aromatic N) is 2. The van der Waals surface area contributed by atoms with Crippen molar-refractivity contribution in [3.05, 3.63) is 12.3 Å². The highest BCUT2D eigenvalue weighted by Crippen LogP contribution is 2.19. The molecule has 0 spiro atoms. The van der Waals surface area contributed by atoms with Crippen LogP contribution in [0.3, 0.4) is 0 Å². The van der Waals surface area contributed by atoms with E-state index in [0.717, 1.165) is 13.0 Å². The molecule has 0 saturated carbocycles. The van der Waals surface area contributed by atoms with Crippen LogP contribution in [0.1, 0.15) is 6.42 Å². The molecule has 0 amide bonds. The highest BCUT2D eigenvalue weighted by molar-refractivity contribution is 5.04. The summed E-state index contributed by atoms with van der Waals surface area (Å²) in [5, 5.41) is 0. The van der Waals surface area contributed by atoms with Gasteiger partial charge in [-0.1, -0.05) is 6.58 Å². The molecule has 1 heterocycles. The van der Waals surface area contributed by atoms with E-state index in [9.17, 15) is 0 Å². The first-order valence-electron chi connectivity index (χ1n) is 3.66. The van der Waals surface area contributed by atoms with Gasteiger partial charge in [0.2, 0.25) is 0 Å². The zero-order valence-corrected chi connectivity index (χ0v) is 7.09. The Kier molecular flexibility index (Phi) is 2.00. The molecular weight excluding hydrogens is 124 g/mol. The van der Waals surface area contributed by atoms with E-state index < -0.39 is 0 Å². The molecule has 1 fully saturated rings. The molecule has 0 radical (unpaired) electrons. The van der Waals surface area contributed by atoms with Crippen molar-refractivity contribution in [2.75, 3.05) is 27.7 Å². The van der Waals surface area contributed by atoms with Crippen molar-refractivity contribution >= 4 is 0 Å². The number of hydrogen-bond donors (Lipinski definition) is 0. The minimum atomic E-state index is 0.678. The average Bonchev–Trinajstić information content (AvgIpc) is 2.13. The Morgan fingerprint density at radius 2 is 2.20 bits per heavy atom. The lowest BCUT2D eigenvalue weighted by Gasteiger charge is -2.17. The SMILES string of the molecule is C=C1CC(N(C)C)CN1C. The molecule has 0 aromatic heterocycles. The molecule has 0 aromatic carbocycles. The predicted molar refractivity (Wildman–Crippen MR) is 43.9 cm³/mol. The molecule has 10 heavy (non-hydrogen) atoms. The first-order chi connectivity index (χ1) is 4.61. The van der Waals surface area contributed by atoms with Gasteiger partial charge >= 0.3 is 0 Å². The second kappa shape index (κ2) is 2.62. The number of likely N-dealkylation sites (tertiary alicyclic amines) is 1. The van der Waals surface area contributed by atoms with Crippen LogP contribution in [0.4, 0.5) is 0 Å². The summed E-state index contributed by atoms with van der Waals surface area (Å²) < 4.78 is 0. The zero-order valence-electron chi connectivity index (χ0n) is 7.09. The van der Waals surface area contributed by atoms with E-state index in [-0.39, 0.29) is 0 Å². The summed E-state index contributed by atoms with van der Waals surface area (Å²) in [7, 11) is 6.35. The van der Waals surface area contributed by atoms with Crippen molar-refractivity contribution < 1.29 is 0 Å². The third-order valence-electron chi connectivity index (χ3n) is 2.23. The van der Waals surface area contributed by atoms with Gasteiger partial charge in [-0.2, -0.15) is 0 Å². The Labute approximate surface area is 63.1 Å². The summed E-state index contributed by atoms with van der Waals surface area (Å²) in [6.45, 7) is 5.10. The van der Waals surface area contributed by atoms with Crippen molar-refractivity contribution in [1.82, 2.24) is 9.80 Å². The van der Waals surface area contributed by atoms with Crippen LogP contribution in [0.5, 0.6) is 0 Å². The maximum Gasteiger partial charge on any atom is 0.0331 e. The van der Waals surface area contributed by atoms with Crippen molar-refractivity contribution in [3.8, 4) is 0 Å². The summed E-state index contributed by atoms with van der Waals surface area (Å²) in [5.74, 6) is 0. The van der Waals surface area contributed by atoms with Gasteiger partial charge in [0.1, 0.15) is 0 Å². The smallest absolute Gasteiger partial charge is 0.0331 e. The van der Waals surface area contributed by atoms with Crippen LogP contribution in [0.15, 0.2) is 12.3 Å². The van der Waals surface area contributed by atoms with Gasteiger partial charge in [0.05, 0.1) is 0 Å². The fourth-order valence-corrected chi connectivity index (χ4v) is 1.28. The average molecular weight is 140 g/mol. The fourth-order valence-electron chi connectivity index (χ4n) is 1.28. The molecule has 1 aliphatic rings. The lowest BCUT2D eigenvalue weighted by molar-refractivity contribution is 0.290. The number of rotatable bonds is 1. The third-order valence-corrected chi connectivity index (χ3v) is 2.23. The lowest BCUT2D eigenvalue weighted by atomic mass is 10.2. The molecule has 1 saturated heterocycles. The van der Waals surface area contributed by atoms with Crippen molar-refractivity contribution in [2.45, 2.75) is 12.5 Å². The van der Waals surface area contributed by atoms with Gasteiger partial charge in [0.25, 0.3) is 0 Å². The molecule has 58 valence electrons. The van der Waals surface area contributed by atoms with Crippen LogP contribution in [-0.2, 0) is 0 Å². The van der Waals surface area contributed by atoms with E-state index in [1.54, 1.807) is 0 Å². The number of hydrogen-bond acceptors (Lipinski definition) is 2. The summed E-state index contributed by atoms with van der Waals surface area (Å²) in [4.78, 5) is 4.49. The molecular formula is C8H16N2. The fraction of sp³-hybridized carbons (Fsp3) is 0.750. The monoisotopic (exact) mass is 140 g/mol. The maximum absolute atomic E-state index is 3.97. The second-order valence-electron chi connectivity index (χ2n) is 3.27. The van der Waals surface area contributed by atoms with Crippen LogP contribution in [0.2, 0.25) is 0 Å². The van der Waals surface area contributed by atoms with Crippen LogP contribution in [0, 0.1) is 0 Å². The van der Waals surface area contributed by atoms with Crippen LogP contribution in [-0.4, -0.2) is 43.5 Å². The van der Waals surface area contributed by atoms with E-state index in [0.29, 0.717) is 6.04 Å². The molecule has 0 bridgehead atoms. The van der Waals surface area contributed by atoms with E-state index in [4.69, 9.17) is 0 Å². The van der Waals surface area contributed by atoms with E-state index >= 15 is 0 Å². The van der Waals surface area contributed by atoms with Crippen molar-refractivity contribution in [1.29, 1.82) is 0 Å². The van der Waals surface area contributed by atoms with Gasteiger partial charge in [-0.3, -0.25) is 0 Å². The Bertz CT molecular complexity index is 140. The number of likely N-dealkylation sites (N-methyl/N-ethyl adjacent to an activating group) is 2. The van der Waals surface area contributed by atoms with Gasteiger partial charge in [0.15, 0.2) is 0 Å². The van der Waals surface area contributed by atoms with Crippen LogP contribution >= 0.6 is 0 Å². The van der Waals surface area contributed by atoms with E-state index in [2.05, 4.69) is 37.5 Å². The zero-order chi connectivity index (χ0) is 7.72. The minimum Gasteiger partial charge on any atom is -0.377 e.